The van der Waals surface area contributed by atoms with Gasteiger partial charge in [0.1, 0.15) is 17.5 Å². The lowest BCUT2D eigenvalue weighted by molar-refractivity contribution is -0.115. The van der Waals surface area contributed by atoms with Gasteiger partial charge in [-0.1, -0.05) is 17.3 Å². The van der Waals surface area contributed by atoms with E-state index in [0.717, 1.165) is 37.3 Å². The molecule has 168 valence electrons. The van der Waals surface area contributed by atoms with Crippen molar-refractivity contribution < 1.29 is 29.2 Å². The van der Waals surface area contributed by atoms with Gasteiger partial charge in [-0.2, -0.15) is 0 Å². The molecular formula is C19H22BN5O6S. The molecule has 0 saturated carbocycles. The van der Waals surface area contributed by atoms with Crippen LogP contribution in [0.2, 0.25) is 0 Å². The van der Waals surface area contributed by atoms with Crippen LogP contribution < -0.4 is 21.0 Å². The van der Waals surface area contributed by atoms with Crippen molar-refractivity contribution in [1.82, 2.24) is 15.6 Å². The van der Waals surface area contributed by atoms with Gasteiger partial charge < -0.3 is 36.0 Å². The molecule has 1 aromatic carbocycles. The van der Waals surface area contributed by atoms with Gasteiger partial charge in [-0.3, -0.25) is 4.79 Å². The van der Waals surface area contributed by atoms with Crippen molar-refractivity contribution in [1.29, 1.82) is 0 Å². The normalized spacial score (nSPS) is 19.1. The number of carbonyl (C=O) groups excluding carboxylic acids is 1. The number of piperidine rings is 1. The van der Waals surface area contributed by atoms with Crippen molar-refractivity contribution in [2.75, 3.05) is 18.8 Å². The minimum atomic E-state index is -1.45. The predicted molar refractivity (Wildman–Crippen MR) is 118 cm³/mol. The summed E-state index contributed by atoms with van der Waals surface area (Å²) in [6, 6.07) is 4.66. The fourth-order valence-corrected chi connectivity index (χ4v) is 4.13. The first-order valence-corrected chi connectivity index (χ1v) is 11.0. The molecule has 2 aliphatic heterocycles. The van der Waals surface area contributed by atoms with Crippen LogP contribution in [0.25, 0.3) is 0 Å². The standard InChI is InChI=1S/C19H22BN5O6S/c21-19-23-13(9-32-19)15(25-31-11-4-6-22-7-5-11)17(26)24-14-8-10-2-1-3-12(18(27)28)16(10)30-20(14)29/h1-3,9,11,14,22,29H,4-8H2,(H2,21,23)(H,24,26)(H,27,28)/b25-15-/t14-/m0/s1. The topological polar surface area (TPSA) is 168 Å². The number of aromatic carboxylic acids is 1. The van der Waals surface area contributed by atoms with Gasteiger partial charge >= 0.3 is 13.1 Å². The molecule has 32 heavy (non-hydrogen) atoms. The number of carbonyl (C=O) groups is 2. The fraction of sp³-hybridized carbons (Fsp3) is 0.368. The summed E-state index contributed by atoms with van der Waals surface area (Å²) in [6.45, 7) is 1.60. The summed E-state index contributed by atoms with van der Waals surface area (Å²) >= 11 is 1.16. The fourth-order valence-electron chi connectivity index (χ4n) is 3.58. The number of thiazole rings is 1. The maximum absolute atomic E-state index is 13.1. The highest BCUT2D eigenvalue weighted by Gasteiger charge is 2.38. The molecule has 0 radical (unpaired) electrons. The lowest BCUT2D eigenvalue weighted by Gasteiger charge is -2.29. The number of aromatic nitrogens is 1. The smallest absolute Gasteiger partial charge is 0.534 e. The third-order valence-corrected chi connectivity index (χ3v) is 5.90. The van der Waals surface area contributed by atoms with Crippen LogP contribution in [0.5, 0.6) is 5.75 Å². The molecule has 0 aliphatic carbocycles. The molecule has 1 saturated heterocycles. The second-order valence-electron chi connectivity index (χ2n) is 7.46. The number of benzene rings is 1. The summed E-state index contributed by atoms with van der Waals surface area (Å²) in [7, 11) is -1.45. The summed E-state index contributed by atoms with van der Waals surface area (Å²) < 4.78 is 5.43. The Morgan fingerprint density at radius 1 is 1.38 bits per heavy atom. The molecule has 0 unspecified atom stereocenters. The number of nitrogens with zero attached hydrogens (tertiary/aromatic N) is 2. The molecule has 1 atom stereocenters. The third-order valence-electron chi connectivity index (χ3n) is 5.22. The van der Waals surface area contributed by atoms with Crippen molar-refractivity contribution in [3.05, 3.63) is 40.4 Å². The Morgan fingerprint density at radius 3 is 2.84 bits per heavy atom. The molecule has 0 spiro atoms. The molecule has 2 aliphatic rings. The number of oxime groups is 1. The van der Waals surface area contributed by atoms with E-state index >= 15 is 0 Å². The molecular weight excluding hydrogens is 437 g/mol. The molecule has 11 nitrogen and oxygen atoms in total. The second-order valence-corrected chi connectivity index (χ2v) is 8.35. The zero-order valence-electron chi connectivity index (χ0n) is 17.0. The van der Waals surface area contributed by atoms with E-state index < -0.39 is 24.9 Å². The predicted octanol–water partition coefficient (Wildman–Crippen LogP) is 0.0358. The molecule has 4 rings (SSSR count). The molecule has 13 heteroatoms. The number of para-hydroxylation sites is 1. The van der Waals surface area contributed by atoms with Gasteiger partial charge in [-0.05, 0) is 44.0 Å². The van der Waals surface area contributed by atoms with E-state index in [9.17, 15) is 19.7 Å². The molecule has 1 fully saturated rings. The van der Waals surface area contributed by atoms with Crippen LogP contribution in [0.15, 0.2) is 28.7 Å². The molecule has 1 aromatic heterocycles. The average Bonchev–Trinajstić information content (AvgIpc) is 3.20. The first-order chi connectivity index (χ1) is 15.4. The summed E-state index contributed by atoms with van der Waals surface area (Å²) in [5, 5.41) is 31.6. The lowest BCUT2D eigenvalue weighted by Crippen LogP contribution is -2.54. The number of fused-ring (bicyclic) bond motifs is 1. The highest BCUT2D eigenvalue weighted by atomic mass is 32.1. The van der Waals surface area contributed by atoms with Crippen LogP contribution in [0.3, 0.4) is 0 Å². The van der Waals surface area contributed by atoms with Gasteiger partial charge in [0.05, 0.1) is 11.5 Å². The maximum atomic E-state index is 13.1. The highest BCUT2D eigenvalue weighted by Crippen LogP contribution is 2.30. The van der Waals surface area contributed by atoms with Crippen LogP contribution in [0.1, 0.15) is 34.5 Å². The summed E-state index contributed by atoms with van der Waals surface area (Å²) in [5.41, 5.74) is 6.42. The number of rotatable bonds is 6. The largest absolute Gasteiger partial charge is 0.547 e. The van der Waals surface area contributed by atoms with E-state index in [-0.39, 0.29) is 40.4 Å². The molecule has 6 N–H and O–H groups in total. The number of anilines is 1. The number of amides is 1. The highest BCUT2D eigenvalue weighted by molar-refractivity contribution is 7.13. The maximum Gasteiger partial charge on any atom is 0.547 e. The Bertz CT molecular complexity index is 1040. The van der Waals surface area contributed by atoms with Gasteiger partial charge in [-0.15, -0.1) is 11.3 Å². The minimum Gasteiger partial charge on any atom is -0.534 e. The lowest BCUT2D eigenvalue weighted by atomic mass is 9.72. The summed E-state index contributed by atoms with van der Waals surface area (Å²) in [5.74, 6) is -2.52. The van der Waals surface area contributed by atoms with Crippen molar-refractivity contribution in [3.63, 3.8) is 0 Å². The van der Waals surface area contributed by atoms with Gasteiger partial charge in [0.25, 0.3) is 5.91 Å². The van der Waals surface area contributed by atoms with Gasteiger partial charge in [0, 0.05) is 5.38 Å². The van der Waals surface area contributed by atoms with E-state index in [0.29, 0.717) is 5.56 Å². The number of nitrogens with one attached hydrogen (secondary N) is 2. The first kappa shape index (κ1) is 22.1. The number of carboxylic acid groups (broad SMARTS) is 1. The number of nitrogens with two attached hydrogens (primary N) is 1. The third kappa shape index (κ3) is 4.84. The monoisotopic (exact) mass is 459 g/mol. The number of carboxylic acids is 1. The van der Waals surface area contributed by atoms with E-state index in [2.05, 4.69) is 20.8 Å². The van der Waals surface area contributed by atoms with Crippen LogP contribution >= 0.6 is 11.3 Å². The van der Waals surface area contributed by atoms with Crippen LogP contribution in [-0.4, -0.2) is 65.0 Å². The number of hydrogen-bond acceptors (Lipinski definition) is 10. The number of nitrogen functional groups attached to an aromatic ring is 1. The van der Waals surface area contributed by atoms with Crippen LogP contribution in [0.4, 0.5) is 5.13 Å². The van der Waals surface area contributed by atoms with Crippen molar-refractivity contribution in [2.45, 2.75) is 31.3 Å². The molecule has 3 heterocycles. The average molecular weight is 459 g/mol. The van der Waals surface area contributed by atoms with Crippen LogP contribution in [0, 0.1) is 0 Å². The first-order valence-electron chi connectivity index (χ1n) is 10.1. The van der Waals surface area contributed by atoms with Gasteiger partial charge in [0.2, 0.25) is 0 Å². The zero-order chi connectivity index (χ0) is 22.7. The van der Waals surface area contributed by atoms with Crippen molar-refractivity contribution >= 4 is 41.2 Å². The molecule has 1 amide bonds. The quantitative estimate of drug-likeness (QED) is 0.227. The Kier molecular flexibility index (Phi) is 6.58. The van der Waals surface area contributed by atoms with E-state index in [1.807, 2.05) is 0 Å². The summed E-state index contributed by atoms with van der Waals surface area (Å²) in [4.78, 5) is 34.2. The second kappa shape index (κ2) is 9.55. The van der Waals surface area contributed by atoms with Crippen molar-refractivity contribution in [3.8, 4) is 5.75 Å². The molecule has 0 bridgehead atoms. The van der Waals surface area contributed by atoms with Crippen molar-refractivity contribution in [2.24, 2.45) is 5.16 Å². The Labute approximate surface area is 187 Å². The Morgan fingerprint density at radius 2 is 2.16 bits per heavy atom. The van der Waals surface area contributed by atoms with E-state index in [1.165, 1.54) is 6.07 Å². The van der Waals surface area contributed by atoms with Gasteiger partial charge in [-0.25, -0.2) is 9.78 Å². The Balaban J connectivity index is 1.52. The SMILES string of the molecule is Nc1nc(/C(=N/OC2CCNCC2)C(=O)N[C@H]2Cc3cccc(C(=O)O)c3OB2O)cs1. The van der Waals surface area contributed by atoms with Crippen LogP contribution in [-0.2, 0) is 16.1 Å². The minimum absolute atomic E-state index is 0.0538. The number of hydrogen-bond donors (Lipinski definition) is 5. The summed E-state index contributed by atoms with van der Waals surface area (Å²) in [6.07, 6.45) is 1.57. The van der Waals surface area contributed by atoms with Gasteiger partial charge in [0.15, 0.2) is 10.8 Å². The van der Waals surface area contributed by atoms with E-state index in [4.69, 9.17) is 15.2 Å². The molecule has 2 aromatic rings. The van der Waals surface area contributed by atoms with E-state index in [1.54, 1.807) is 17.5 Å². The Hall–Kier alpha value is -3.16. The zero-order valence-corrected chi connectivity index (χ0v) is 17.8.